The second-order valence-electron chi connectivity index (χ2n) is 5.89. The molecule has 0 saturated heterocycles. The molecule has 6 heteroatoms. The van der Waals surface area contributed by atoms with Crippen LogP contribution in [0.25, 0.3) is 0 Å². The minimum absolute atomic E-state index is 0.304. The van der Waals surface area contributed by atoms with E-state index in [1.54, 1.807) is 32.2 Å². The second kappa shape index (κ2) is 8.31. The smallest absolute Gasteiger partial charge is 0.274 e. The normalized spacial score (nSPS) is 10.3. The van der Waals surface area contributed by atoms with Gasteiger partial charge in [0.25, 0.3) is 5.91 Å². The van der Waals surface area contributed by atoms with E-state index in [4.69, 9.17) is 4.74 Å². The number of aryl methyl sites for hydroxylation is 1. The van der Waals surface area contributed by atoms with Crippen LogP contribution in [-0.2, 0) is 0 Å². The van der Waals surface area contributed by atoms with Crippen LogP contribution < -0.4 is 15.0 Å². The number of hydrogen-bond donors (Lipinski definition) is 1. The first-order valence-corrected chi connectivity index (χ1v) is 8.75. The van der Waals surface area contributed by atoms with Gasteiger partial charge in [0.2, 0.25) is 0 Å². The highest BCUT2D eigenvalue weighted by Crippen LogP contribution is 2.26. The highest BCUT2D eigenvalue weighted by atomic mass is 16.5. The number of aromatic nitrogens is 2. The van der Waals surface area contributed by atoms with Gasteiger partial charge in [-0.2, -0.15) is 0 Å². The number of amides is 1. The maximum Gasteiger partial charge on any atom is 0.274 e. The van der Waals surface area contributed by atoms with E-state index in [0.29, 0.717) is 35.3 Å². The molecule has 3 aromatic rings. The lowest BCUT2D eigenvalue weighted by atomic mass is 10.2. The van der Waals surface area contributed by atoms with Crippen molar-refractivity contribution in [3.63, 3.8) is 0 Å². The molecule has 138 valence electrons. The van der Waals surface area contributed by atoms with E-state index in [1.807, 2.05) is 54.3 Å². The molecule has 1 heterocycles. The average Bonchev–Trinajstić information content (AvgIpc) is 2.69. The molecule has 6 nitrogen and oxygen atoms in total. The number of carbonyl (C=O) groups is 1. The molecule has 0 radical (unpaired) electrons. The van der Waals surface area contributed by atoms with Crippen molar-refractivity contribution < 1.29 is 9.53 Å². The number of rotatable bonds is 6. The first-order chi connectivity index (χ1) is 13.1. The first kappa shape index (κ1) is 18.4. The SMILES string of the molecule is CCN(c1ccccc1)c1cc(C(=O)Nc2ccccc2OC)nc(C)n1. The van der Waals surface area contributed by atoms with Crippen molar-refractivity contribution in [1.29, 1.82) is 0 Å². The van der Waals surface area contributed by atoms with Crippen molar-refractivity contribution in [2.45, 2.75) is 13.8 Å². The van der Waals surface area contributed by atoms with Gasteiger partial charge < -0.3 is 15.0 Å². The Hall–Kier alpha value is -3.41. The van der Waals surface area contributed by atoms with Crippen LogP contribution in [0, 0.1) is 6.92 Å². The topological polar surface area (TPSA) is 67.4 Å². The highest BCUT2D eigenvalue weighted by molar-refractivity contribution is 6.04. The summed E-state index contributed by atoms with van der Waals surface area (Å²) in [5.41, 5.74) is 1.91. The minimum atomic E-state index is -0.310. The Labute approximate surface area is 158 Å². The number of nitrogens with zero attached hydrogens (tertiary/aromatic N) is 3. The van der Waals surface area contributed by atoms with Gasteiger partial charge in [-0.15, -0.1) is 0 Å². The monoisotopic (exact) mass is 362 g/mol. The van der Waals surface area contributed by atoms with E-state index >= 15 is 0 Å². The molecule has 0 aliphatic rings. The third-order valence-corrected chi connectivity index (χ3v) is 4.07. The maximum absolute atomic E-state index is 12.8. The van der Waals surface area contributed by atoms with Gasteiger partial charge >= 0.3 is 0 Å². The number of benzene rings is 2. The highest BCUT2D eigenvalue weighted by Gasteiger charge is 2.16. The lowest BCUT2D eigenvalue weighted by Crippen LogP contribution is -2.21. The second-order valence-corrected chi connectivity index (χ2v) is 5.89. The van der Waals surface area contributed by atoms with Crippen LogP contribution in [-0.4, -0.2) is 29.5 Å². The predicted octanol–water partition coefficient (Wildman–Crippen LogP) is 4.20. The van der Waals surface area contributed by atoms with Gasteiger partial charge in [-0.05, 0) is 38.1 Å². The summed E-state index contributed by atoms with van der Waals surface area (Å²) in [4.78, 5) is 23.6. The molecule has 0 aliphatic heterocycles. The largest absolute Gasteiger partial charge is 0.495 e. The quantitative estimate of drug-likeness (QED) is 0.712. The van der Waals surface area contributed by atoms with Gasteiger partial charge in [0.15, 0.2) is 0 Å². The van der Waals surface area contributed by atoms with Gasteiger partial charge in [-0.3, -0.25) is 4.79 Å². The summed E-state index contributed by atoms with van der Waals surface area (Å²) in [6, 6.07) is 18.9. The Bertz CT molecular complexity index is 928. The van der Waals surface area contributed by atoms with Gasteiger partial charge in [0.1, 0.15) is 23.1 Å². The maximum atomic E-state index is 12.8. The number of carbonyl (C=O) groups excluding carboxylic acids is 1. The Balaban J connectivity index is 1.92. The van der Waals surface area contributed by atoms with Crippen molar-refractivity contribution in [3.05, 3.63) is 72.2 Å². The third-order valence-electron chi connectivity index (χ3n) is 4.07. The van der Waals surface area contributed by atoms with Crippen LogP contribution >= 0.6 is 0 Å². The molecule has 1 amide bonds. The van der Waals surface area contributed by atoms with Crippen LogP contribution in [0.4, 0.5) is 17.2 Å². The lowest BCUT2D eigenvalue weighted by molar-refractivity contribution is 0.102. The van der Waals surface area contributed by atoms with Gasteiger partial charge in [0, 0.05) is 18.3 Å². The van der Waals surface area contributed by atoms with Crippen LogP contribution in [0.3, 0.4) is 0 Å². The molecule has 0 fully saturated rings. The van der Waals surface area contributed by atoms with Crippen molar-refractivity contribution in [3.8, 4) is 5.75 Å². The molecule has 2 aromatic carbocycles. The molecule has 3 rings (SSSR count). The number of nitrogens with one attached hydrogen (secondary N) is 1. The molecular weight excluding hydrogens is 340 g/mol. The van der Waals surface area contributed by atoms with Crippen molar-refractivity contribution >= 4 is 23.1 Å². The number of hydrogen-bond acceptors (Lipinski definition) is 5. The van der Waals surface area contributed by atoms with E-state index in [9.17, 15) is 4.79 Å². The fourth-order valence-electron chi connectivity index (χ4n) is 2.83. The third kappa shape index (κ3) is 4.23. The molecule has 0 atom stereocenters. The average molecular weight is 362 g/mol. The molecule has 0 bridgehead atoms. The van der Waals surface area contributed by atoms with Crippen molar-refractivity contribution in [2.75, 3.05) is 23.9 Å². The zero-order valence-corrected chi connectivity index (χ0v) is 15.6. The molecule has 0 unspecified atom stereocenters. The van der Waals surface area contributed by atoms with E-state index in [-0.39, 0.29) is 5.91 Å². The number of ether oxygens (including phenoxy) is 1. The summed E-state index contributed by atoms with van der Waals surface area (Å²) < 4.78 is 5.29. The molecular formula is C21H22N4O2. The zero-order chi connectivity index (χ0) is 19.2. The van der Waals surface area contributed by atoms with E-state index in [1.165, 1.54) is 0 Å². The number of methoxy groups -OCH3 is 1. The summed E-state index contributed by atoms with van der Waals surface area (Å²) in [6.45, 7) is 4.54. The molecule has 27 heavy (non-hydrogen) atoms. The number of para-hydroxylation sites is 3. The van der Waals surface area contributed by atoms with Crippen molar-refractivity contribution in [2.24, 2.45) is 0 Å². The Morgan fingerprint density at radius 1 is 1.07 bits per heavy atom. The molecule has 0 spiro atoms. The lowest BCUT2D eigenvalue weighted by Gasteiger charge is -2.22. The standard InChI is InChI=1S/C21H22N4O2/c1-4-25(16-10-6-5-7-11-16)20-14-18(22-15(2)23-20)21(26)24-17-12-8-9-13-19(17)27-3/h5-14H,4H2,1-3H3,(H,24,26). The first-order valence-electron chi connectivity index (χ1n) is 8.75. The summed E-state index contributed by atoms with van der Waals surface area (Å²) in [7, 11) is 1.57. The fourth-order valence-corrected chi connectivity index (χ4v) is 2.83. The predicted molar refractivity (Wildman–Crippen MR) is 107 cm³/mol. The summed E-state index contributed by atoms with van der Waals surface area (Å²) in [6.07, 6.45) is 0. The molecule has 0 aliphatic carbocycles. The number of anilines is 3. The van der Waals surface area contributed by atoms with Gasteiger partial charge in [0.05, 0.1) is 12.8 Å². The van der Waals surface area contributed by atoms with E-state index < -0.39 is 0 Å². The Morgan fingerprint density at radius 2 is 1.78 bits per heavy atom. The fraction of sp³-hybridized carbons (Fsp3) is 0.190. The van der Waals surface area contributed by atoms with Crippen LogP contribution in [0.5, 0.6) is 5.75 Å². The van der Waals surface area contributed by atoms with Gasteiger partial charge in [-0.1, -0.05) is 30.3 Å². The van der Waals surface area contributed by atoms with Crippen LogP contribution in [0.2, 0.25) is 0 Å². The van der Waals surface area contributed by atoms with Crippen molar-refractivity contribution in [1.82, 2.24) is 9.97 Å². The summed E-state index contributed by atoms with van der Waals surface area (Å²) >= 11 is 0. The molecule has 1 aromatic heterocycles. The van der Waals surface area contributed by atoms with E-state index in [0.717, 1.165) is 5.69 Å². The molecule has 1 N–H and O–H groups in total. The Morgan fingerprint density at radius 3 is 2.48 bits per heavy atom. The van der Waals surface area contributed by atoms with Gasteiger partial charge in [-0.25, -0.2) is 9.97 Å². The minimum Gasteiger partial charge on any atom is -0.495 e. The summed E-state index contributed by atoms with van der Waals surface area (Å²) in [5.74, 6) is 1.50. The molecule has 0 saturated carbocycles. The zero-order valence-electron chi connectivity index (χ0n) is 15.6. The van der Waals surface area contributed by atoms with Crippen LogP contribution in [0.15, 0.2) is 60.7 Å². The summed E-state index contributed by atoms with van der Waals surface area (Å²) in [5, 5.41) is 2.86. The van der Waals surface area contributed by atoms with E-state index in [2.05, 4.69) is 15.3 Å². The Kier molecular flexibility index (Phi) is 5.66. The van der Waals surface area contributed by atoms with Crippen LogP contribution in [0.1, 0.15) is 23.2 Å².